The van der Waals surface area contributed by atoms with Gasteiger partial charge in [0.25, 0.3) is 5.56 Å². The van der Waals surface area contributed by atoms with Crippen LogP contribution < -0.4 is 11.2 Å². The van der Waals surface area contributed by atoms with Crippen molar-refractivity contribution < 1.29 is 5.11 Å². The quantitative estimate of drug-likeness (QED) is 0.654. The molecule has 2 rings (SSSR count). The van der Waals surface area contributed by atoms with Crippen LogP contribution >= 0.6 is 0 Å². The molecule has 0 spiro atoms. The Morgan fingerprint density at radius 1 is 1.33 bits per heavy atom. The van der Waals surface area contributed by atoms with Crippen LogP contribution in [0.3, 0.4) is 0 Å². The predicted octanol–water partition coefficient (Wildman–Crippen LogP) is 2.69. The lowest BCUT2D eigenvalue weighted by atomic mass is 10.0. The zero-order valence-corrected chi connectivity index (χ0v) is 14.0. The van der Waals surface area contributed by atoms with Crippen molar-refractivity contribution in [1.29, 1.82) is 0 Å². The fourth-order valence-corrected chi connectivity index (χ4v) is 2.37. The Kier molecular flexibility index (Phi) is 5.18. The minimum Gasteiger partial charge on any atom is -0.494 e. The van der Waals surface area contributed by atoms with E-state index in [0.717, 1.165) is 4.57 Å². The summed E-state index contributed by atoms with van der Waals surface area (Å²) in [6.45, 7) is 9.44. The summed E-state index contributed by atoms with van der Waals surface area (Å²) in [6, 6.07) is 7.65. The molecule has 2 N–H and O–H groups in total. The van der Waals surface area contributed by atoms with Crippen LogP contribution in [0.25, 0.3) is 0 Å². The second-order valence-corrected chi connectivity index (χ2v) is 5.80. The molecule has 0 unspecified atom stereocenters. The van der Waals surface area contributed by atoms with Crippen LogP contribution in [0, 0.1) is 0 Å². The summed E-state index contributed by atoms with van der Waals surface area (Å²) < 4.78 is 1.03. The predicted molar refractivity (Wildman–Crippen MR) is 95.6 cm³/mol. The van der Waals surface area contributed by atoms with Gasteiger partial charge in [-0.1, -0.05) is 32.1 Å². The van der Waals surface area contributed by atoms with Crippen molar-refractivity contribution in [1.82, 2.24) is 9.55 Å². The highest BCUT2D eigenvalue weighted by Crippen LogP contribution is 2.20. The highest BCUT2D eigenvalue weighted by atomic mass is 16.3. The van der Waals surface area contributed by atoms with Crippen LogP contribution in [0.15, 0.2) is 51.5 Å². The Labute approximate surface area is 139 Å². The molecule has 0 aliphatic rings. The molecule has 1 aromatic carbocycles. The summed E-state index contributed by atoms with van der Waals surface area (Å²) >= 11 is 0. The van der Waals surface area contributed by atoms with Crippen molar-refractivity contribution in [3.05, 3.63) is 68.9 Å². The van der Waals surface area contributed by atoms with E-state index in [4.69, 9.17) is 0 Å². The number of rotatable bonds is 5. The molecular weight excluding hydrogens is 306 g/mol. The van der Waals surface area contributed by atoms with Gasteiger partial charge in [-0.3, -0.25) is 19.3 Å². The first-order valence-corrected chi connectivity index (χ1v) is 7.67. The molecule has 1 heterocycles. The highest BCUT2D eigenvalue weighted by Gasteiger charge is 2.16. The lowest BCUT2D eigenvalue weighted by Gasteiger charge is -2.10. The van der Waals surface area contributed by atoms with Crippen LogP contribution in [0.1, 0.15) is 37.8 Å². The second kappa shape index (κ2) is 7.12. The Morgan fingerprint density at radius 3 is 2.50 bits per heavy atom. The number of aromatic amines is 1. The van der Waals surface area contributed by atoms with Gasteiger partial charge in [0.15, 0.2) is 0 Å². The van der Waals surface area contributed by atoms with Crippen LogP contribution in [0.5, 0.6) is 5.88 Å². The number of H-pyrrole nitrogens is 1. The van der Waals surface area contributed by atoms with Gasteiger partial charge < -0.3 is 5.11 Å². The normalized spacial score (nSPS) is 11.8. The minimum absolute atomic E-state index is 0.0237. The summed E-state index contributed by atoms with van der Waals surface area (Å²) in [4.78, 5) is 30.4. The number of nitrogens with one attached hydrogen (secondary N) is 1. The van der Waals surface area contributed by atoms with Crippen LogP contribution in [-0.4, -0.2) is 20.4 Å². The van der Waals surface area contributed by atoms with E-state index in [2.05, 4.69) is 30.4 Å². The Bertz CT molecular complexity index is 887. The molecule has 0 saturated heterocycles. The number of hydrogen-bond donors (Lipinski definition) is 2. The van der Waals surface area contributed by atoms with E-state index in [1.165, 1.54) is 11.6 Å². The Hall–Kier alpha value is -2.89. The van der Waals surface area contributed by atoms with E-state index in [9.17, 15) is 14.7 Å². The van der Waals surface area contributed by atoms with Crippen molar-refractivity contribution in [3.63, 3.8) is 0 Å². The van der Waals surface area contributed by atoms with Gasteiger partial charge >= 0.3 is 5.69 Å². The fourth-order valence-electron chi connectivity index (χ4n) is 2.37. The minimum atomic E-state index is -0.685. The van der Waals surface area contributed by atoms with Gasteiger partial charge in [0, 0.05) is 6.54 Å². The number of allylic oxidation sites excluding steroid dienone is 1. The first kappa shape index (κ1) is 17.5. The number of aliphatic imine (C=N–C) groups is 1. The summed E-state index contributed by atoms with van der Waals surface area (Å²) in [5.41, 5.74) is 0.797. The molecule has 0 radical (unpaired) electrons. The van der Waals surface area contributed by atoms with E-state index >= 15 is 0 Å². The van der Waals surface area contributed by atoms with E-state index in [1.54, 1.807) is 6.92 Å². The van der Waals surface area contributed by atoms with Gasteiger partial charge in [0.2, 0.25) is 5.88 Å². The lowest BCUT2D eigenvalue weighted by Crippen LogP contribution is -2.33. The van der Waals surface area contributed by atoms with E-state index in [-0.39, 0.29) is 12.1 Å². The molecule has 126 valence electrons. The number of aromatic hydroxyl groups is 1. The third-order valence-corrected chi connectivity index (χ3v) is 3.70. The smallest absolute Gasteiger partial charge is 0.331 e. The second-order valence-electron chi connectivity index (χ2n) is 5.80. The topological polar surface area (TPSA) is 87.4 Å². The molecule has 0 bridgehead atoms. The number of nitrogens with zero attached hydrogens (tertiary/aromatic N) is 2. The van der Waals surface area contributed by atoms with Gasteiger partial charge in [-0.2, -0.15) is 0 Å². The molecule has 2 aromatic rings. The maximum absolute atomic E-state index is 12.1. The first-order valence-electron chi connectivity index (χ1n) is 7.67. The standard InChI is InChI=1S/C18H21N3O3/c1-5-10-21-17(23)15(16(22)20-18(21)24)12(4)19-14-8-6-13(7-9-14)11(2)3/h5-9,11,23H,1,10H2,2-4H3,(H,20,22,24). The molecule has 0 atom stereocenters. The van der Waals surface area contributed by atoms with Gasteiger partial charge in [0.05, 0.1) is 11.4 Å². The molecule has 0 aliphatic carbocycles. The van der Waals surface area contributed by atoms with Crippen molar-refractivity contribution in [2.75, 3.05) is 0 Å². The zero-order valence-electron chi connectivity index (χ0n) is 14.0. The SMILES string of the molecule is C=CCn1c(O)c(C(C)=Nc2ccc(C(C)C)cc2)c(=O)[nH]c1=O. The fraction of sp³-hybridized carbons (Fsp3) is 0.278. The first-order chi connectivity index (χ1) is 11.3. The zero-order chi connectivity index (χ0) is 17.9. The highest BCUT2D eigenvalue weighted by molar-refractivity contribution is 6.01. The molecule has 0 saturated carbocycles. The van der Waals surface area contributed by atoms with E-state index < -0.39 is 17.1 Å². The number of hydrogen-bond acceptors (Lipinski definition) is 4. The summed E-state index contributed by atoms with van der Waals surface area (Å²) in [5, 5.41) is 10.3. The average molecular weight is 327 g/mol. The maximum Gasteiger partial charge on any atom is 0.331 e. The van der Waals surface area contributed by atoms with Crippen LogP contribution in [-0.2, 0) is 6.54 Å². The lowest BCUT2D eigenvalue weighted by molar-refractivity contribution is 0.409. The van der Waals surface area contributed by atoms with Crippen molar-refractivity contribution in [2.45, 2.75) is 33.2 Å². The molecule has 6 heteroatoms. The monoisotopic (exact) mass is 327 g/mol. The van der Waals surface area contributed by atoms with Gasteiger partial charge in [-0.05, 0) is 30.5 Å². The van der Waals surface area contributed by atoms with Crippen molar-refractivity contribution in [2.24, 2.45) is 4.99 Å². The number of benzene rings is 1. The van der Waals surface area contributed by atoms with E-state index in [0.29, 0.717) is 17.3 Å². The Balaban J connectivity index is 2.50. The van der Waals surface area contributed by atoms with E-state index in [1.807, 2.05) is 24.3 Å². The molecular formula is C18H21N3O3. The molecule has 0 aliphatic heterocycles. The van der Waals surface area contributed by atoms with Gasteiger partial charge in [0.1, 0.15) is 5.56 Å². The largest absolute Gasteiger partial charge is 0.494 e. The van der Waals surface area contributed by atoms with Crippen molar-refractivity contribution in [3.8, 4) is 5.88 Å². The summed E-state index contributed by atoms with van der Waals surface area (Å²) in [6.07, 6.45) is 1.46. The summed E-state index contributed by atoms with van der Waals surface area (Å²) in [7, 11) is 0. The molecule has 0 fully saturated rings. The Morgan fingerprint density at radius 2 is 1.96 bits per heavy atom. The molecule has 6 nitrogen and oxygen atoms in total. The molecule has 24 heavy (non-hydrogen) atoms. The summed E-state index contributed by atoms with van der Waals surface area (Å²) in [5.74, 6) is 0.00201. The van der Waals surface area contributed by atoms with Gasteiger partial charge in [-0.15, -0.1) is 6.58 Å². The van der Waals surface area contributed by atoms with Crippen molar-refractivity contribution >= 4 is 11.4 Å². The number of aromatic nitrogens is 2. The molecule has 1 aromatic heterocycles. The third kappa shape index (κ3) is 3.53. The molecule has 0 amide bonds. The third-order valence-electron chi connectivity index (χ3n) is 3.70. The van der Waals surface area contributed by atoms with Crippen LogP contribution in [0.4, 0.5) is 5.69 Å². The van der Waals surface area contributed by atoms with Crippen LogP contribution in [0.2, 0.25) is 0 Å². The average Bonchev–Trinajstić information content (AvgIpc) is 2.51. The van der Waals surface area contributed by atoms with Gasteiger partial charge in [-0.25, -0.2) is 4.79 Å². The maximum atomic E-state index is 12.1.